The predicted molar refractivity (Wildman–Crippen MR) is 90.2 cm³/mol. The van der Waals surface area contributed by atoms with Gasteiger partial charge in [0.1, 0.15) is 5.75 Å². The van der Waals surface area contributed by atoms with Gasteiger partial charge in [0.2, 0.25) is 0 Å². The maximum atomic E-state index is 5.70. The monoisotopic (exact) mass is 290 g/mol. The molecule has 1 heterocycles. The summed E-state index contributed by atoms with van der Waals surface area (Å²) in [5.41, 5.74) is 1.19. The molecule has 0 radical (unpaired) electrons. The third kappa shape index (κ3) is 5.58. The van der Waals surface area contributed by atoms with Crippen LogP contribution in [0.15, 0.2) is 24.3 Å². The Balaban J connectivity index is 1.80. The molecule has 1 saturated heterocycles. The van der Waals surface area contributed by atoms with Gasteiger partial charge in [0.25, 0.3) is 0 Å². The summed E-state index contributed by atoms with van der Waals surface area (Å²) in [6, 6.07) is 8.96. The number of benzene rings is 1. The van der Waals surface area contributed by atoms with Crippen molar-refractivity contribution in [3.63, 3.8) is 0 Å². The fraction of sp³-hybridized carbons (Fsp3) is 0.667. The van der Waals surface area contributed by atoms with Crippen molar-refractivity contribution in [3.05, 3.63) is 24.3 Å². The number of nitrogens with one attached hydrogen (secondary N) is 1. The molecule has 3 nitrogen and oxygen atoms in total. The Kier molecular flexibility index (Phi) is 6.37. The molecular formula is C18H30N2O. The van der Waals surface area contributed by atoms with Crippen LogP contribution < -0.4 is 10.1 Å². The quantitative estimate of drug-likeness (QED) is 0.821. The van der Waals surface area contributed by atoms with Gasteiger partial charge < -0.3 is 15.0 Å². The molecule has 3 heteroatoms. The van der Waals surface area contributed by atoms with Crippen LogP contribution in [0.3, 0.4) is 0 Å². The predicted octanol–water partition coefficient (Wildman–Crippen LogP) is 4.01. The van der Waals surface area contributed by atoms with E-state index in [1.807, 2.05) is 6.07 Å². The molecule has 0 unspecified atom stereocenters. The Morgan fingerprint density at radius 3 is 2.71 bits per heavy atom. The molecule has 1 N–H and O–H groups in total. The summed E-state index contributed by atoms with van der Waals surface area (Å²) >= 11 is 0. The summed E-state index contributed by atoms with van der Waals surface area (Å²) in [4.78, 5) is 2.59. The van der Waals surface area contributed by atoms with E-state index < -0.39 is 0 Å². The van der Waals surface area contributed by atoms with Crippen molar-refractivity contribution in [2.75, 3.05) is 31.6 Å². The number of hydrogen-bond donors (Lipinski definition) is 1. The van der Waals surface area contributed by atoms with Gasteiger partial charge in [-0.2, -0.15) is 0 Å². The summed E-state index contributed by atoms with van der Waals surface area (Å²) < 4.78 is 5.70. The molecule has 0 saturated carbocycles. The van der Waals surface area contributed by atoms with Crippen LogP contribution in [0.2, 0.25) is 0 Å². The topological polar surface area (TPSA) is 24.5 Å². The molecule has 1 aliphatic heterocycles. The van der Waals surface area contributed by atoms with E-state index in [9.17, 15) is 0 Å². The van der Waals surface area contributed by atoms with Crippen LogP contribution in [0.5, 0.6) is 5.75 Å². The van der Waals surface area contributed by atoms with Gasteiger partial charge in [-0.15, -0.1) is 0 Å². The average Bonchev–Trinajstić information content (AvgIpc) is 2.47. The molecule has 0 atom stereocenters. The van der Waals surface area contributed by atoms with Crippen molar-refractivity contribution in [3.8, 4) is 5.75 Å². The summed E-state index contributed by atoms with van der Waals surface area (Å²) in [7, 11) is 0. The van der Waals surface area contributed by atoms with Crippen molar-refractivity contribution >= 4 is 5.69 Å². The van der Waals surface area contributed by atoms with Crippen molar-refractivity contribution in [1.82, 2.24) is 4.90 Å². The molecule has 0 spiro atoms. The summed E-state index contributed by atoms with van der Waals surface area (Å²) in [6.45, 7) is 11.2. The van der Waals surface area contributed by atoms with Gasteiger partial charge >= 0.3 is 0 Å². The SMILES string of the molecule is CCCOc1cccc(NC2CCN(CC(C)C)CC2)c1. The highest BCUT2D eigenvalue weighted by atomic mass is 16.5. The normalized spacial score (nSPS) is 17.1. The smallest absolute Gasteiger partial charge is 0.121 e. The molecule has 118 valence electrons. The number of nitrogens with zero attached hydrogens (tertiary/aromatic N) is 1. The van der Waals surface area contributed by atoms with Crippen molar-refractivity contribution in [2.24, 2.45) is 5.92 Å². The molecule has 1 aromatic carbocycles. The minimum atomic E-state index is 0.592. The van der Waals surface area contributed by atoms with Crippen LogP contribution in [0.4, 0.5) is 5.69 Å². The van der Waals surface area contributed by atoms with Gasteiger partial charge in [0, 0.05) is 37.4 Å². The van der Waals surface area contributed by atoms with Gasteiger partial charge in [0.05, 0.1) is 6.61 Å². The summed E-state index contributed by atoms with van der Waals surface area (Å²) in [5.74, 6) is 1.74. The highest BCUT2D eigenvalue weighted by Crippen LogP contribution is 2.21. The van der Waals surface area contributed by atoms with Gasteiger partial charge in [0.15, 0.2) is 0 Å². The van der Waals surface area contributed by atoms with Crippen LogP contribution in [-0.2, 0) is 0 Å². The van der Waals surface area contributed by atoms with E-state index in [1.165, 1.54) is 38.2 Å². The van der Waals surface area contributed by atoms with E-state index in [2.05, 4.69) is 49.2 Å². The molecule has 1 aromatic rings. The zero-order valence-electron chi connectivity index (χ0n) is 13.8. The first-order valence-electron chi connectivity index (χ1n) is 8.39. The first kappa shape index (κ1) is 16.2. The lowest BCUT2D eigenvalue weighted by Gasteiger charge is -2.33. The Bertz CT molecular complexity index is 411. The van der Waals surface area contributed by atoms with E-state index in [0.29, 0.717) is 6.04 Å². The Labute approximate surface area is 129 Å². The number of ether oxygens (including phenoxy) is 1. The number of likely N-dealkylation sites (tertiary alicyclic amines) is 1. The lowest BCUT2D eigenvalue weighted by Crippen LogP contribution is -2.40. The van der Waals surface area contributed by atoms with Gasteiger partial charge in [-0.1, -0.05) is 26.8 Å². The second-order valence-electron chi connectivity index (χ2n) is 6.49. The van der Waals surface area contributed by atoms with Gasteiger partial charge in [-0.3, -0.25) is 0 Å². The number of piperidine rings is 1. The molecule has 0 aromatic heterocycles. The van der Waals surface area contributed by atoms with Crippen LogP contribution >= 0.6 is 0 Å². The number of anilines is 1. The number of rotatable bonds is 7. The molecule has 0 bridgehead atoms. The highest BCUT2D eigenvalue weighted by Gasteiger charge is 2.19. The Morgan fingerprint density at radius 2 is 2.05 bits per heavy atom. The largest absolute Gasteiger partial charge is 0.494 e. The summed E-state index contributed by atoms with van der Waals surface area (Å²) in [6.07, 6.45) is 3.51. The molecular weight excluding hydrogens is 260 g/mol. The second kappa shape index (κ2) is 8.28. The van der Waals surface area contributed by atoms with E-state index in [1.54, 1.807) is 0 Å². The third-order valence-corrected chi connectivity index (χ3v) is 3.89. The fourth-order valence-corrected chi connectivity index (χ4v) is 2.91. The third-order valence-electron chi connectivity index (χ3n) is 3.89. The van der Waals surface area contributed by atoms with Crippen LogP contribution in [0.25, 0.3) is 0 Å². The van der Waals surface area contributed by atoms with Crippen LogP contribution in [0.1, 0.15) is 40.0 Å². The lowest BCUT2D eigenvalue weighted by molar-refractivity contribution is 0.198. The molecule has 1 fully saturated rings. The standard InChI is InChI=1S/C18H30N2O/c1-4-12-21-18-7-5-6-17(13-18)19-16-8-10-20(11-9-16)14-15(2)3/h5-7,13,15-16,19H,4,8-12,14H2,1-3H3. The lowest BCUT2D eigenvalue weighted by atomic mass is 10.0. The first-order chi connectivity index (χ1) is 10.2. The molecule has 1 aliphatic rings. The van der Waals surface area contributed by atoms with E-state index >= 15 is 0 Å². The zero-order valence-corrected chi connectivity index (χ0v) is 13.8. The summed E-state index contributed by atoms with van der Waals surface area (Å²) in [5, 5.41) is 3.66. The van der Waals surface area contributed by atoms with E-state index in [4.69, 9.17) is 4.74 Å². The second-order valence-corrected chi connectivity index (χ2v) is 6.49. The minimum absolute atomic E-state index is 0.592. The fourth-order valence-electron chi connectivity index (χ4n) is 2.91. The highest BCUT2D eigenvalue weighted by molar-refractivity contribution is 5.48. The van der Waals surface area contributed by atoms with Crippen molar-refractivity contribution in [1.29, 1.82) is 0 Å². The maximum Gasteiger partial charge on any atom is 0.121 e. The van der Waals surface area contributed by atoms with Gasteiger partial charge in [-0.05, 0) is 37.3 Å². The average molecular weight is 290 g/mol. The minimum Gasteiger partial charge on any atom is -0.494 e. The Hall–Kier alpha value is -1.22. The van der Waals surface area contributed by atoms with Gasteiger partial charge in [-0.25, -0.2) is 0 Å². The van der Waals surface area contributed by atoms with E-state index in [-0.39, 0.29) is 0 Å². The van der Waals surface area contributed by atoms with Crippen LogP contribution in [-0.4, -0.2) is 37.2 Å². The zero-order chi connectivity index (χ0) is 15.1. The molecule has 0 amide bonds. The van der Waals surface area contributed by atoms with Crippen LogP contribution in [0, 0.1) is 5.92 Å². The maximum absolute atomic E-state index is 5.70. The Morgan fingerprint density at radius 1 is 1.29 bits per heavy atom. The molecule has 0 aliphatic carbocycles. The van der Waals surface area contributed by atoms with E-state index in [0.717, 1.165) is 24.7 Å². The number of hydrogen-bond acceptors (Lipinski definition) is 3. The molecule has 21 heavy (non-hydrogen) atoms. The van der Waals surface area contributed by atoms with Crippen molar-refractivity contribution < 1.29 is 4.74 Å². The molecule has 2 rings (SSSR count). The first-order valence-corrected chi connectivity index (χ1v) is 8.39. The van der Waals surface area contributed by atoms with Crippen molar-refractivity contribution in [2.45, 2.75) is 46.1 Å².